The molecule has 0 aromatic heterocycles. The fourth-order valence-corrected chi connectivity index (χ4v) is 1.21. The average molecular weight is 210 g/mol. The molecule has 15 heavy (non-hydrogen) atoms. The van der Waals surface area contributed by atoms with Crippen LogP contribution in [-0.2, 0) is 4.79 Å². The van der Waals surface area contributed by atoms with E-state index in [1.807, 2.05) is 14.1 Å². The van der Waals surface area contributed by atoms with Crippen molar-refractivity contribution in [3.8, 4) is 0 Å². The SMILES string of the molecule is CN(C)CC(=O)N(C)c1cccc(F)c1. The molecule has 0 spiro atoms. The van der Waals surface area contributed by atoms with Crippen LogP contribution in [0.1, 0.15) is 0 Å². The van der Waals surface area contributed by atoms with Gasteiger partial charge in [0.15, 0.2) is 0 Å². The van der Waals surface area contributed by atoms with Crippen LogP contribution in [-0.4, -0.2) is 38.5 Å². The summed E-state index contributed by atoms with van der Waals surface area (Å²) in [6.45, 7) is 0.313. The minimum atomic E-state index is -0.336. The van der Waals surface area contributed by atoms with Gasteiger partial charge in [-0.3, -0.25) is 4.79 Å². The Labute approximate surface area is 89.1 Å². The summed E-state index contributed by atoms with van der Waals surface area (Å²) in [5, 5.41) is 0. The molecular weight excluding hydrogens is 195 g/mol. The third-order valence-electron chi connectivity index (χ3n) is 2.02. The lowest BCUT2D eigenvalue weighted by Gasteiger charge is -2.19. The number of carbonyl (C=O) groups excluding carboxylic acids is 1. The fourth-order valence-electron chi connectivity index (χ4n) is 1.21. The van der Waals surface area contributed by atoms with Gasteiger partial charge in [-0.1, -0.05) is 6.07 Å². The number of amides is 1. The predicted molar refractivity (Wildman–Crippen MR) is 58.4 cm³/mol. The van der Waals surface area contributed by atoms with Crippen LogP contribution in [0.3, 0.4) is 0 Å². The van der Waals surface area contributed by atoms with Crippen molar-refractivity contribution in [2.45, 2.75) is 0 Å². The minimum absolute atomic E-state index is 0.0643. The van der Waals surface area contributed by atoms with Gasteiger partial charge in [0, 0.05) is 12.7 Å². The Balaban J connectivity index is 2.76. The number of anilines is 1. The second-order valence-corrected chi connectivity index (χ2v) is 3.67. The zero-order valence-electron chi connectivity index (χ0n) is 9.20. The third kappa shape index (κ3) is 3.32. The van der Waals surface area contributed by atoms with Crippen LogP contribution in [0.5, 0.6) is 0 Å². The van der Waals surface area contributed by atoms with Gasteiger partial charge >= 0.3 is 0 Å². The predicted octanol–water partition coefficient (Wildman–Crippen LogP) is 1.35. The van der Waals surface area contributed by atoms with Crippen LogP contribution in [0.15, 0.2) is 24.3 Å². The van der Waals surface area contributed by atoms with Crippen molar-refractivity contribution >= 4 is 11.6 Å². The second-order valence-electron chi connectivity index (χ2n) is 3.67. The van der Waals surface area contributed by atoms with E-state index in [4.69, 9.17) is 0 Å². The van der Waals surface area contributed by atoms with E-state index < -0.39 is 0 Å². The summed E-state index contributed by atoms with van der Waals surface area (Å²) in [4.78, 5) is 14.9. The minimum Gasteiger partial charge on any atom is -0.314 e. The molecule has 0 unspecified atom stereocenters. The summed E-state index contributed by atoms with van der Waals surface area (Å²) in [5.74, 6) is -0.400. The highest BCUT2D eigenvalue weighted by atomic mass is 19.1. The van der Waals surface area contributed by atoms with Crippen molar-refractivity contribution in [2.75, 3.05) is 32.6 Å². The van der Waals surface area contributed by atoms with Crippen molar-refractivity contribution in [1.29, 1.82) is 0 Å². The van der Waals surface area contributed by atoms with E-state index in [0.717, 1.165) is 0 Å². The first-order valence-electron chi connectivity index (χ1n) is 4.67. The fraction of sp³-hybridized carbons (Fsp3) is 0.364. The number of halogens is 1. The van der Waals surface area contributed by atoms with Crippen LogP contribution >= 0.6 is 0 Å². The third-order valence-corrected chi connectivity index (χ3v) is 2.02. The van der Waals surface area contributed by atoms with E-state index >= 15 is 0 Å². The molecular formula is C11H15FN2O. The summed E-state index contributed by atoms with van der Waals surface area (Å²) in [6.07, 6.45) is 0. The van der Waals surface area contributed by atoms with Gasteiger partial charge in [-0.15, -0.1) is 0 Å². The number of benzene rings is 1. The molecule has 4 heteroatoms. The van der Waals surface area contributed by atoms with Crippen LogP contribution in [0.4, 0.5) is 10.1 Å². The van der Waals surface area contributed by atoms with Gasteiger partial charge in [-0.05, 0) is 32.3 Å². The first-order chi connectivity index (χ1) is 7.00. The maximum absolute atomic E-state index is 12.9. The van der Waals surface area contributed by atoms with E-state index in [1.165, 1.54) is 17.0 Å². The molecule has 1 amide bonds. The van der Waals surface area contributed by atoms with E-state index in [1.54, 1.807) is 24.1 Å². The Hall–Kier alpha value is -1.42. The molecule has 1 rings (SSSR count). The Kier molecular flexibility index (Phi) is 3.80. The lowest BCUT2D eigenvalue weighted by atomic mass is 10.3. The summed E-state index contributed by atoms with van der Waals surface area (Å²) >= 11 is 0. The monoisotopic (exact) mass is 210 g/mol. The Morgan fingerprint density at radius 1 is 1.33 bits per heavy atom. The van der Waals surface area contributed by atoms with Crippen molar-refractivity contribution in [1.82, 2.24) is 4.90 Å². The molecule has 0 bridgehead atoms. The molecule has 0 fully saturated rings. The highest BCUT2D eigenvalue weighted by Crippen LogP contribution is 2.13. The zero-order valence-corrected chi connectivity index (χ0v) is 9.20. The van der Waals surface area contributed by atoms with Gasteiger partial charge < -0.3 is 9.80 Å². The van der Waals surface area contributed by atoms with Gasteiger partial charge in [0.1, 0.15) is 5.82 Å². The molecule has 1 aromatic carbocycles. The summed E-state index contributed by atoms with van der Waals surface area (Å²) < 4.78 is 12.9. The second kappa shape index (κ2) is 4.89. The summed E-state index contributed by atoms with van der Waals surface area (Å²) in [5.41, 5.74) is 0.571. The van der Waals surface area contributed by atoms with Crippen LogP contribution in [0, 0.1) is 5.82 Å². The first-order valence-corrected chi connectivity index (χ1v) is 4.67. The van der Waals surface area contributed by atoms with Gasteiger partial charge in [0.05, 0.1) is 6.54 Å². The molecule has 0 heterocycles. The number of likely N-dealkylation sites (N-methyl/N-ethyl adjacent to an activating group) is 2. The average Bonchev–Trinajstić information content (AvgIpc) is 2.15. The Morgan fingerprint density at radius 2 is 2.00 bits per heavy atom. The van der Waals surface area contributed by atoms with Gasteiger partial charge in [-0.2, -0.15) is 0 Å². The molecule has 3 nitrogen and oxygen atoms in total. The van der Waals surface area contributed by atoms with E-state index in [0.29, 0.717) is 12.2 Å². The van der Waals surface area contributed by atoms with Crippen molar-refractivity contribution in [3.05, 3.63) is 30.1 Å². The van der Waals surface area contributed by atoms with Gasteiger partial charge in [-0.25, -0.2) is 4.39 Å². The van der Waals surface area contributed by atoms with Gasteiger partial charge in [0.2, 0.25) is 5.91 Å². The standard InChI is InChI=1S/C11H15FN2O/c1-13(2)8-11(15)14(3)10-6-4-5-9(12)7-10/h4-7H,8H2,1-3H3. The van der Waals surface area contributed by atoms with Crippen LogP contribution in [0.2, 0.25) is 0 Å². The number of hydrogen-bond acceptors (Lipinski definition) is 2. The lowest BCUT2D eigenvalue weighted by molar-refractivity contribution is -0.118. The van der Waals surface area contributed by atoms with Crippen molar-refractivity contribution < 1.29 is 9.18 Å². The van der Waals surface area contributed by atoms with Crippen molar-refractivity contribution in [2.24, 2.45) is 0 Å². The largest absolute Gasteiger partial charge is 0.314 e. The molecule has 82 valence electrons. The summed E-state index contributed by atoms with van der Waals surface area (Å²) in [7, 11) is 5.27. The smallest absolute Gasteiger partial charge is 0.240 e. The quantitative estimate of drug-likeness (QED) is 0.752. The molecule has 0 saturated heterocycles. The maximum Gasteiger partial charge on any atom is 0.240 e. The highest BCUT2D eigenvalue weighted by molar-refractivity contribution is 5.94. The number of rotatable bonds is 3. The first kappa shape index (κ1) is 11.7. The molecule has 1 aromatic rings. The van der Waals surface area contributed by atoms with E-state index in [9.17, 15) is 9.18 Å². The maximum atomic E-state index is 12.9. The van der Waals surface area contributed by atoms with Crippen LogP contribution < -0.4 is 4.90 Å². The molecule has 0 aliphatic rings. The highest BCUT2D eigenvalue weighted by Gasteiger charge is 2.11. The number of hydrogen-bond donors (Lipinski definition) is 0. The topological polar surface area (TPSA) is 23.6 Å². The van der Waals surface area contributed by atoms with Crippen molar-refractivity contribution in [3.63, 3.8) is 0 Å². The Morgan fingerprint density at radius 3 is 2.53 bits per heavy atom. The summed E-state index contributed by atoms with van der Waals surface area (Å²) in [6, 6.07) is 5.99. The van der Waals surface area contributed by atoms with Crippen LogP contribution in [0.25, 0.3) is 0 Å². The number of nitrogens with zero attached hydrogens (tertiary/aromatic N) is 2. The van der Waals surface area contributed by atoms with Gasteiger partial charge in [0.25, 0.3) is 0 Å². The lowest BCUT2D eigenvalue weighted by Crippen LogP contribution is -2.35. The molecule has 0 aliphatic carbocycles. The van der Waals surface area contributed by atoms with E-state index in [-0.39, 0.29) is 11.7 Å². The van der Waals surface area contributed by atoms with E-state index in [2.05, 4.69) is 0 Å². The molecule has 0 N–H and O–H groups in total. The molecule has 0 saturated carbocycles. The molecule has 0 radical (unpaired) electrons. The molecule has 0 atom stereocenters. The molecule has 0 aliphatic heterocycles. The normalized spacial score (nSPS) is 10.5. The Bertz CT molecular complexity index is 352. The number of carbonyl (C=O) groups is 1. The zero-order chi connectivity index (χ0) is 11.4.